The highest BCUT2D eigenvalue weighted by Gasteiger charge is 2.20. The molecule has 0 amide bonds. The van der Waals surface area contributed by atoms with Gasteiger partial charge in [0.25, 0.3) is 5.69 Å². The van der Waals surface area contributed by atoms with E-state index in [4.69, 9.17) is 11.6 Å². The number of rotatable bonds is 2. The molecule has 15 heavy (non-hydrogen) atoms. The number of hydrogen-bond donors (Lipinski definition) is 0. The van der Waals surface area contributed by atoms with Gasteiger partial charge in [0.15, 0.2) is 0 Å². The Morgan fingerprint density at radius 2 is 2.20 bits per heavy atom. The fourth-order valence-corrected chi connectivity index (χ4v) is 1.12. The van der Waals surface area contributed by atoms with Crippen LogP contribution in [0.1, 0.15) is 10.4 Å². The van der Waals surface area contributed by atoms with Crippen LogP contribution in [0.4, 0.5) is 10.1 Å². The van der Waals surface area contributed by atoms with Crippen LogP contribution in [0, 0.1) is 15.9 Å². The maximum Gasteiger partial charge on any atom is 0.339 e. The molecule has 1 aromatic rings. The molecule has 0 aliphatic heterocycles. The van der Waals surface area contributed by atoms with Crippen molar-refractivity contribution in [2.75, 3.05) is 7.11 Å². The van der Waals surface area contributed by atoms with Gasteiger partial charge in [-0.3, -0.25) is 10.1 Å². The van der Waals surface area contributed by atoms with Crippen LogP contribution in [0.5, 0.6) is 0 Å². The van der Waals surface area contributed by atoms with Crippen molar-refractivity contribution in [2.45, 2.75) is 0 Å². The second-order valence-corrected chi connectivity index (χ2v) is 2.92. The molecule has 0 unspecified atom stereocenters. The molecule has 0 saturated heterocycles. The molecular formula is C8H5ClFNO4. The van der Waals surface area contributed by atoms with Crippen molar-refractivity contribution < 1.29 is 18.8 Å². The molecule has 0 atom stereocenters. The Bertz CT molecular complexity index is 435. The van der Waals surface area contributed by atoms with E-state index in [1.165, 1.54) is 0 Å². The van der Waals surface area contributed by atoms with Crippen LogP contribution in [0.25, 0.3) is 0 Å². The maximum atomic E-state index is 13.1. The van der Waals surface area contributed by atoms with Crippen molar-refractivity contribution in [1.29, 1.82) is 0 Å². The normalized spacial score (nSPS) is 9.80. The lowest BCUT2D eigenvalue weighted by Gasteiger charge is -2.02. The summed E-state index contributed by atoms with van der Waals surface area (Å²) in [6.45, 7) is 0. The first-order chi connectivity index (χ1) is 6.97. The number of carbonyl (C=O) groups is 1. The van der Waals surface area contributed by atoms with Gasteiger partial charge in [0.2, 0.25) is 0 Å². The van der Waals surface area contributed by atoms with Gasteiger partial charge in [-0.25, -0.2) is 9.18 Å². The summed E-state index contributed by atoms with van der Waals surface area (Å²) in [5.41, 5.74) is -0.928. The predicted molar refractivity (Wildman–Crippen MR) is 49.4 cm³/mol. The molecule has 0 N–H and O–H groups in total. The highest BCUT2D eigenvalue weighted by molar-refractivity contribution is 6.33. The average molecular weight is 234 g/mol. The van der Waals surface area contributed by atoms with Gasteiger partial charge in [-0.2, -0.15) is 0 Å². The van der Waals surface area contributed by atoms with E-state index in [2.05, 4.69) is 4.74 Å². The Kier molecular flexibility index (Phi) is 3.21. The molecule has 80 valence electrons. The molecule has 0 heterocycles. The van der Waals surface area contributed by atoms with E-state index in [-0.39, 0.29) is 5.56 Å². The third kappa shape index (κ3) is 2.21. The SMILES string of the molecule is COC(=O)c1cc([N+](=O)[O-])cc(F)c1Cl. The van der Waals surface area contributed by atoms with Crippen molar-refractivity contribution in [2.24, 2.45) is 0 Å². The van der Waals surface area contributed by atoms with Crippen LogP contribution in [-0.2, 0) is 4.74 Å². The summed E-state index contributed by atoms with van der Waals surface area (Å²) in [5.74, 6) is -1.96. The summed E-state index contributed by atoms with van der Waals surface area (Å²) >= 11 is 5.45. The van der Waals surface area contributed by atoms with Gasteiger partial charge in [-0.1, -0.05) is 11.6 Å². The van der Waals surface area contributed by atoms with E-state index in [1.807, 2.05) is 0 Å². The molecule has 0 bridgehead atoms. The smallest absolute Gasteiger partial charge is 0.339 e. The zero-order valence-corrected chi connectivity index (χ0v) is 8.25. The first-order valence-electron chi connectivity index (χ1n) is 3.69. The molecule has 7 heteroatoms. The zero-order valence-electron chi connectivity index (χ0n) is 7.49. The summed E-state index contributed by atoms with van der Waals surface area (Å²) in [4.78, 5) is 20.6. The van der Waals surface area contributed by atoms with E-state index in [9.17, 15) is 19.3 Å². The van der Waals surface area contributed by atoms with Crippen LogP contribution in [-0.4, -0.2) is 18.0 Å². The minimum atomic E-state index is -1.04. The third-order valence-electron chi connectivity index (χ3n) is 1.63. The van der Waals surface area contributed by atoms with Gasteiger partial charge in [0.1, 0.15) is 5.82 Å². The van der Waals surface area contributed by atoms with E-state index >= 15 is 0 Å². The Balaban J connectivity index is 3.37. The highest BCUT2D eigenvalue weighted by atomic mass is 35.5. The van der Waals surface area contributed by atoms with Crippen molar-refractivity contribution in [1.82, 2.24) is 0 Å². The topological polar surface area (TPSA) is 69.4 Å². The molecule has 1 rings (SSSR count). The summed E-state index contributed by atoms with van der Waals surface area (Å²) in [6, 6.07) is 1.49. The fourth-order valence-electron chi connectivity index (χ4n) is 0.939. The predicted octanol–water partition coefficient (Wildman–Crippen LogP) is 2.17. The molecule has 0 radical (unpaired) electrons. The van der Waals surface area contributed by atoms with Gasteiger partial charge in [0, 0.05) is 6.07 Å². The summed E-state index contributed by atoms with van der Waals surface area (Å²) in [7, 11) is 1.06. The van der Waals surface area contributed by atoms with Gasteiger partial charge < -0.3 is 4.74 Å². The van der Waals surface area contributed by atoms with Crippen molar-refractivity contribution in [3.8, 4) is 0 Å². The van der Waals surface area contributed by atoms with Crippen LogP contribution in [0.2, 0.25) is 5.02 Å². The Hall–Kier alpha value is -1.69. The standard InChI is InChI=1S/C8H5ClFNO4/c1-15-8(12)5-2-4(11(13)14)3-6(10)7(5)9/h2-3H,1H3. The van der Waals surface area contributed by atoms with Crippen molar-refractivity contribution in [3.63, 3.8) is 0 Å². The molecule has 0 aliphatic rings. The second-order valence-electron chi connectivity index (χ2n) is 2.54. The molecule has 1 aromatic carbocycles. The Morgan fingerprint density at radius 1 is 1.60 bits per heavy atom. The monoisotopic (exact) mass is 233 g/mol. The average Bonchev–Trinajstić information content (AvgIpc) is 2.20. The number of non-ortho nitro benzene ring substituents is 1. The summed E-state index contributed by atoms with van der Waals surface area (Å²) in [5, 5.41) is 9.88. The van der Waals surface area contributed by atoms with E-state index < -0.39 is 27.4 Å². The molecule has 0 fully saturated rings. The molecule has 5 nitrogen and oxygen atoms in total. The number of carbonyl (C=O) groups excluding carboxylic acids is 1. The van der Waals surface area contributed by atoms with E-state index in [0.29, 0.717) is 6.07 Å². The quantitative estimate of drug-likeness (QED) is 0.446. The third-order valence-corrected chi connectivity index (χ3v) is 2.01. The first-order valence-corrected chi connectivity index (χ1v) is 4.07. The number of ether oxygens (including phenoxy) is 1. The minimum absolute atomic E-state index is 0.370. The molecular weight excluding hydrogens is 229 g/mol. The number of nitro groups is 1. The van der Waals surface area contributed by atoms with Gasteiger partial charge >= 0.3 is 5.97 Å². The second kappa shape index (κ2) is 4.22. The molecule has 0 aromatic heterocycles. The number of benzene rings is 1. The maximum absolute atomic E-state index is 13.1. The van der Waals surface area contributed by atoms with E-state index in [0.717, 1.165) is 13.2 Å². The van der Waals surface area contributed by atoms with Crippen molar-refractivity contribution in [3.05, 3.63) is 38.7 Å². The van der Waals surface area contributed by atoms with Crippen LogP contribution in [0.3, 0.4) is 0 Å². The van der Waals surface area contributed by atoms with Crippen molar-refractivity contribution >= 4 is 23.3 Å². The number of hydrogen-bond acceptors (Lipinski definition) is 4. The van der Waals surface area contributed by atoms with Gasteiger partial charge in [-0.05, 0) is 0 Å². The number of halogens is 2. The van der Waals surface area contributed by atoms with Gasteiger partial charge in [-0.15, -0.1) is 0 Å². The fraction of sp³-hybridized carbons (Fsp3) is 0.125. The van der Waals surface area contributed by atoms with Crippen LogP contribution in [0.15, 0.2) is 12.1 Å². The summed E-state index contributed by atoms with van der Waals surface area (Å²) < 4.78 is 17.3. The van der Waals surface area contributed by atoms with Crippen LogP contribution >= 0.6 is 11.6 Å². The first kappa shape index (κ1) is 11.4. The van der Waals surface area contributed by atoms with Crippen LogP contribution < -0.4 is 0 Å². The molecule has 0 spiro atoms. The lowest BCUT2D eigenvalue weighted by Crippen LogP contribution is -2.04. The Labute approximate surface area is 88.6 Å². The highest BCUT2D eigenvalue weighted by Crippen LogP contribution is 2.26. The molecule has 0 saturated carbocycles. The molecule has 0 aliphatic carbocycles. The largest absolute Gasteiger partial charge is 0.465 e. The number of esters is 1. The summed E-state index contributed by atoms with van der Waals surface area (Å²) in [6.07, 6.45) is 0. The Morgan fingerprint density at radius 3 is 2.67 bits per heavy atom. The lowest BCUT2D eigenvalue weighted by molar-refractivity contribution is -0.385. The lowest BCUT2D eigenvalue weighted by atomic mass is 10.2. The van der Waals surface area contributed by atoms with Gasteiger partial charge in [0.05, 0.1) is 28.7 Å². The number of nitrogens with zero attached hydrogens (tertiary/aromatic N) is 1. The zero-order chi connectivity index (χ0) is 11.6. The van der Waals surface area contributed by atoms with E-state index in [1.54, 1.807) is 0 Å². The number of nitro benzene ring substituents is 1. The number of methoxy groups -OCH3 is 1. The minimum Gasteiger partial charge on any atom is -0.465 e.